The van der Waals surface area contributed by atoms with Crippen molar-refractivity contribution >= 4 is 117 Å². The van der Waals surface area contributed by atoms with E-state index in [1.165, 1.54) is 160 Å². The number of fused-ring (bicyclic) bond motifs is 6. The molecule has 14 aromatic rings. The molecule has 0 atom stereocenters. The van der Waals surface area contributed by atoms with Crippen LogP contribution in [-0.4, -0.2) is 160 Å². The van der Waals surface area contributed by atoms with E-state index in [2.05, 4.69) is 162 Å². The van der Waals surface area contributed by atoms with Gasteiger partial charge in [0.05, 0.1) is 72.4 Å². The number of aryl methyl sites for hydroxylation is 1. The van der Waals surface area contributed by atoms with Gasteiger partial charge in [-0.1, -0.05) is 143 Å². The average Bonchev–Trinajstić information content (AvgIpc) is 1.33. The molecule has 0 amide bonds. The van der Waals surface area contributed by atoms with Gasteiger partial charge in [0.15, 0.2) is 11.2 Å². The molecule has 0 bridgehead atoms. The zero-order chi connectivity index (χ0) is 81.6. The lowest BCUT2D eigenvalue weighted by Gasteiger charge is -2.36. The number of nitrogens with one attached hydrogen (secondary N) is 2. The molecule has 9 heterocycles. The topological polar surface area (TPSA) is 342 Å². The second kappa shape index (κ2) is 42.5. The molecule has 0 spiro atoms. The van der Waals surface area contributed by atoms with Crippen molar-refractivity contribution in [1.82, 2.24) is 69.9 Å². The molecule has 8 aromatic carbocycles. The van der Waals surface area contributed by atoms with E-state index >= 15 is 0 Å². The Balaban J connectivity index is 0.000000136. The Morgan fingerprint density at radius 2 is 0.856 bits per heavy atom. The normalized spacial score (nSPS) is 15.6. The molecule has 4 aliphatic rings. The molecule has 8 N–H and O–H groups in total. The minimum absolute atomic E-state index is 0.00870. The number of aromatic nitrogens is 11. The third-order valence-corrected chi connectivity index (χ3v) is 22.3. The highest BCUT2D eigenvalue weighted by atomic mass is 16.6. The molecular formula is C91H103N23O4. The standard InChI is InChI=1S/C38H50N6.C19H20N4.C12H14N4.C8H5N3O2.C8H7N3.C6H7N3O2/c1-39-33-19-20-35-34(28-33)32(29-42-35)12-6-4-2-3-5-10-30-15-17-31(18-16-30)11-7-8-23-43-24-26-44(27-25-43)37-14-9-13-36-38(37)41-22-21-40-36;1-2-5-16(6-3-1)15-22-11-13-23(14-12-22)18-8-4-7-17-19(18)21-10-9-20-17;1-2-10-12(15-5-4-14-10)11(3-1)16-8-6-13-7-9-16;12-11(13)7-3-1-2-6-8(7)10-5-4-9-6;9-6-2-1-3-7-8(6)11-5-4-10-7;7-4-2-1-3-5(6(4)8)9(10)11/h9,13-14,19-22,28-31,42H,2-8,10-12,15-18,23-27H2;1-10H,11-15H2;1-5,13H,6-9H2;1-5H;1-5H,9H2;1-3H,7-8H2. The number of H-pyrrole nitrogens is 1. The summed E-state index contributed by atoms with van der Waals surface area (Å²) in [6.45, 7) is 22.4. The van der Waals surface area contributed by atoms with E-state index in [1.807, 2.05) is 54.6 Å². The van der Waals surface area contributed by atoms with E-state index < -0.39 is 9.85 Å². The Hall–Kier alpha value is -13.0. The van der Waals surface area contributed by atoms with Crippen LogP contribution < -0.4 is 37.2 Å². The molecule has 118 heavy (non-hydrogen) atoms. The fourth-order valence-corrected chi connectivity index (χ4v) is 16.0. The van der Waals surface area contributed by atoms with Gasteiger partial charge in [-0.3, -0.25) is 74.9 Å². The summed E-state index contributed by atoms with van der Waals surface area (Å²) in [5.41, 5.74) is 33.8. The summed E-state index contributed by atoms with van der Waals surface area (Å²) in [5.74, 6) is 1.96. The first kappa shape index (κ1) is 82.9. The van der Waals surface area contributed by atoms with Crippen LogP contribution in [-0.2, 0) is 13.0 Å². The van der Waals surface area contributed by atoms with Gasteiger partial charge in [0.25, 0.3) is 11.4 Å². The van der Waals surface area contributed by atoms with Crippen LogP contribution in [0.3, 0.4) is 0 Å². The van der Waals surface area contributed by atoms with Gasteiger partial charge in [0, 0.05) is 171 Å². The molecule has 27 heteroatoms. The summed E-state index contributed by atoms with van der Waals surface area (Å²) in [7, 11) is 0. The van der Waals surface area contributed by atoms with Crippen molar-refractivity contribution in [2.45, 2.75) is 96.4 Å². The number of nitrogens with zero attached hydrogens (tertiary/aromatic N) is 18. The number of nitrogen functional groups attached to an aromatic ring is 3. The number of nitro groups is 2. The first-order chi connectivity index (χ1) is 57.9. The van der Waals surface area contributed by atoms with Crippen molar-refractivity contribution in [2.75, 3.05) is 117 Å². The van der Waals surface area contributed by atoms with Crippen LogP contribution in [0.4, 0.5) is 51.2 Å². The first-order valence-corrected chi connectivity index (χ1v) is 41.0. The van der Waals surface area contributed by atoms with E-state index in [9.17, 15) is 20.2 Å². The highest BCUT2D eigenvalue weighted by molar-refractivity contribution is 5.91. The Morgan fingerprint density at radius 1 is 0.424 bits per heavy atom. The lowest BCUT2D eigenvalue weighted by atomic mass is 9.78. The van der Waals surface area contributed by atoms with Gasteiger partial charge in [-0.2, -0.15) is 0 Å². The monoisotopic (exact) mass is 1580 g/mol. The van der Waals surface area contributed by atoms with Crippen LogP contribution in [0.1, 0.15) is 94.6 Å². The summed E-state index contributed by atoms with van der Waals surface area (Å²) < 4.78 is 0. The number of nitrogens with two attached hydrogens (primary N) is 3. The Bertz CT molecular complexity index is 5580. The largest absolute Gasteiger partial charge is 0.397 e. The maximum absolute atomic E-state index is 10.6. The van der Waals surface area contributed by atoms with Gasteiger partial charge >= 0.3 is 0 Å². The molecule has 1 aliphatic carbocycles. The number of non-ortho nitro benzene ring substituents is 1. The predicted octanol–water partition coefficient (Wildman–Crippen LogP) is 16.8. The highest BCUT2D eigenvalue weighted by Crippen LogP contribution is 2.36. The first-order valence-electron chi connectivity index (χ1n) is 41.0. The van der Waals surface area contributed by atoms with Crippen LogP contribution in [0.15, 0.2) is 226 Å². The van der Waals surface area contributed by atoms with Gasteiger partial charge in [0.1, 0.15) is 27.8 Å². The molecule has 1 saturated carbocycles. The van der Waals surface area contributed by atoms with Crippen molar-refractivity contribution in [1.29, 1.82) is 0 Å². The van der Waals surface area contributed by atoms with Crippen molar-refractivity contribution in [2.24, 2.45) is 11.8 Å². The number of rotatable bonds is 20. The van der Waals surface area contributed by atoms with Gasteiger partial charge in [0.2, 0.25) is 0 Å². The second-order valence-electron chi connectivity index (χ2n) is 30.0. The second-order valence-corrected chi connectivity index (χ2v) is 30.0. The van der Waals surface area contributed by atoms with Crippen LogP contribution >= 0.6 is 0 Å². The number of aromatic amines is 1. The molecule has 4 fully saturated rings. The van der Waals surface area contributed by atoms with E-state index in [0.717, 1.165) is 159 Å². The van der Waals surface area contributed by atoms with Crippen LogP contribution in [0.2, 0.25) is 0 Å². The fourth-order valence-electron chi connectivity index (χ4n) is 16.0. The van der Waals surface area contributed by atoms with Gasteiger partial charge < -0.3 is 42.2 Å². The molecule has 3 saturated heterocycles. The SMILES string of the molecule is Nc1cccc([N+](=O)[O-])c1N.Nc1cccc2nccnc12.O=[N+]([O-])c1cccc2nccnc12.[C-]#[N+]c1ccc2[nH]cc(CCCCCCCC3CCC(CCCCN4CCN(c5cccc6nccnc56)CC4)CC3)c2c1.c1cc(N2CCNCC2)c2nccnc2c1.c1ccc(CN2CCN(c3cccc4nccnc34)CC2)cc1. The third-order valence-electron chi connectivity index (χ3n) is 22.3. The lowest BCUT2D eigenvalue weighted by molar-refractivity contribution is -0.383. The number of anilines is 6. The van der Waals surface area contributed by atoms with Gasteiger partial charge in [-0.15, -0.1) is 0 Å². The van der Waals surface area contributed by atoms with E-state index in [4.69, 9.17) is 23.8 Å². The van der Waals surface area contributed by atoms with Crippen LogP contribution in [0.5, 0.6) is 0 Å². The molecular weight excluding hydrogens is 1480 g/mol. The average molecular weight is 1580 g/mol. The molecule has 3 aliphatic heterocycles. The van der Waals surface area contributed by atoms with Crippen molar-refractivity contribution < 1.29 is 9.85 Å². The minimum Gasteiger partial charge on any atom is -0.397 e. The summed E-state index contributed by atoms with van der Waals surface area (Å²) in [5, 5.41) is 25.4. The summed E-state index contributed by atoms with van der Waals surface area (Å²) in [6.07, 6.45) is 38.4. The number of hydrogen-bond acceptors (Lipinski definition) is 23. The maximum Gasteiger partial charge on any atom is 0.297 e. The zero-order valence-corrected chi connectivity index (χ0v) is 66.7. The van der Waals surface area contributed by atoms with Gasteiger partial charge in [-0.25, -0.2) is 9.83 Å². The van der Waals surface area contributed by atoms with Crippen molar-refractivity contribution in [3.8, 4) is 0 Å². The summed E-state index contributed by atoms with van der Waals surface area (Å²) in [6, 6.07) is 50.1. The van der Waals surface area contributed by atoms with Crippen molar-refractivity contribution in [3.05, 3.63) is 269 Å². The van der Waals surface area contributed by atoms with E-state index in [1.54, 1.807) is 61.7 Å². The highest BCUT2D eigenvalue weighted by Gasteiger charge is 2.25. The number of para-hydroxylation sites is 6. The molecule has 0 radical (unpaired) electrons. The van der Waals surface area contributed by atoms with Crippen molar-refractivity contribution in [3.63, 3.8) is 0 Å². The smallest absolute Gasteiger partial charge is 0.297 e. The molecule has 18 rings (SSSR count). The summed E-state index contributed by atoms with van der Waals surface area (Å²) in [4.78, 5) is 82.0. The predicted molar refractivity (Wildman–Crippen MR) is 474 cm³/mol. The Morgan fingerprint density at radius 3 is 1.38 bits per heavy atom. The number of piperazine rings is 3. The maximum atomic E-state index is 10.6. The molecule has 27 nitrogen and oxygen atoms in total. The quantitative estimate of drug-likeness (QED) is 0.0156. The fraction of sp³-hybridized carbons (Fsp3) is 0.330. The molecule has 6 aromatic heterocycles. The van der Waals surface area contributed by atoms with Crippen LogP contribution in [0, 0.1) is 38.6 Å². The number of hydrogen-bond donors (Lipinski definition) is 5. The number of nitro benzene ring substituents is 2. The number of unbranched alkanes of at least 4 members (excludes halogenated alkanes) is 5. The Labute approximate surface area is 687 Å². The summed E-state index contributed by atoms with van der Waals surface area (Å²) >= 11 is 0. The zero-order valence-electron chi connectivity index (χ0n) is 66.7. The van der Waals surface area contributed by atoms with E-state index in [-0.39, 0.29) is 22.7 Å². The lowest BCUT2D eigenvalue weighted by Crippen LogP contribution is -2.46. The molecule has 606 valence electrons. The third kappa shape index (κ3) is 22.7. The van der Waals surface area contributed by atoms with Gasteiger partial charge in [-0.05, 0) is 127 Å². The number of benzene rings is 8. The van der Waals surface area contributed by atoms with Crippen LogP contribution in [0.25, 0.3) is 70.9 Å². The Kier molecular flexibility index (Phi) is 29.9. The van der Waals surface area contributed by atoms with E-state index in [0.29, 0.717) is 16.7 Å². The minimum atomic E-state index is -0.564. The molecule has 0 unspecified atom stereocenters.